The van der Waals surface area contributed by atoms with Crippen LogP contribution in [0.5, 0.6) is 11.8 Å². The highest BCUT2D eigenvalue weighted by atomic mass is 16.6. The third-order valence-electron chi connectivity index (χ3n) is 9.24. The summed E-state index contributed by atoms with van der Waals surface area (Å²) in [5.41, 5.74) is 6.08. The monoisotopic (exact) mass is 659 g/mol. The van der Waals surface area contributed by atoms with E-state index in [0.29, 0.717) is 44.1 Å². The number of anilines is 1. The van der Waals surface area contributed by atoms with E-state index in [1.807, 2.05) is 80.3 Å². The molecule has 5 aromatic rings. The number of rotatable bonds is 9. The zero-order valence-corrected chi connectivity index (χ0v) is 28.8. The van der Waals surface area contributed by atoms with Crippen LogP contribution >= 0.6 is 0 Å². The third-order valence-corrected chi connectivity index (χ3v) is 9.24. The van der Waals surface area contributed by atoms with Crippen LogP contribution in [0, 0.1) is 0 Å². The number of fused-ring (bicyclic) bond motifs is 1. The fourth-order valence-corrected chi connectivity index (χ4v) is 6.67. The van der Waals surface area contributed by atoms with Crippen molar-refractivity contribution in [2.75, 3.05) is 44.2 Å². The molecule has 2 aromatic heterocycles. The molecule has 0 saturated carbocycles. The average Bonchev–Trinajstić information content (AvgIpc) is 3.42. The Kier molecular flexibility index (Phi) is 9.19. The minimum Gasteiger partial charge on any atom is -0.473 e. The van der Waals surface area contributed by atoms with Crippen LogP contribution in [0.3, 0.4) is 0 Å². The molecule has 49 heavy (non-hydrogen) atoms. The van der Waals surface area contributed by atoms with E-state index in [9.17, 15) is 4.79 Å². The molecule has 7 rings (SSSR count). The first kappa shape index (κ1) is 32.5. The van der Waals surface area contributed by atoms with Gasteiger partial charge in [-0.2, -0.15) is 4.98 Å². The fourth-order valence-electron chi connectivity index (χ4n) is 6.67. The van der Waals surface area contributed by atoms with Gasteiger partial charge in [-0.3, -0.25) is 4.90 Å². The van der Waals surface area contributed by atoms with Gasteiger partial charge in [-0.05, 0) is 44.0 Å². The van der Waals surface area contributed by atoms with Crippen LogP contribution in [0.2, 0.25) is 0 Å². The molecule has 0 aliphatic carbocycles. The van der Waals surface area contributed by atoms with Crippen LogP contribution in [-0.4, -0.2) is 76.4 Å². The van der Waals surface area contributed by atoms with E-state index in [1.54, 1.807) is 0 Å². The summed E-state index contributed by atoms with van der Waals surface area (Å²) in [5.74, 6) is 1.07. The highest BCUT2D eigenvalue weighted by Gasteiger charge is 2.36. The molecule has 0 atom stereocenters. The van der Waals surface area contributed by atoms with Gasteiger partial charge in [0.1, 0.15) is 18.8 Å². The van der Waals surface area contributed by atoms with Crippen molar-refractivity contribution in [3.05, 3.63) is 108 Å². The molecule has 254 valence electrons. The van der Waals surface area contributed by atoms with Gasteiger partial charge in [0, 0.05) is 81.1 Å². The van der Waals surface area contributed by atoms with E-state index < -0.39 is 5.60 Å². The van der Waals surface area contributed by atoms with Gasteiger partial charge in [0.2, 0.25) is 11.8 Å². The predicted octanol–water partition coefficient (Wildman–Crippen LogP) is 7.14. The minimum absolute atomic E-state index is 0.216. The molecule has 9 heteroatoms. The number of amides is 1. The lowest BCUT2D eigenvalue weighted by Gasteiger charge is -2.49. The van der Waals surface area contributed by atoms with Gasteiger partial charge in [-0.15, -0.1) is 0 Å². The van der Waals surface area contributed by atoms with Crippen LogP contribution in [-0.2, 0) is 25.0 Å². The standard InChI is InChI=1S/C40H45N5O4/c1-40(2,3)49-39(46)44-22-20-43(21-23-44)31-24-45(25-31)35-17-11-16-32-34(26-42(4)37(32)35)33-18-19-36(47-27-29-12-7-5-8-13-29)41-38(33)48-28-30-14-9-6-10-15-30/h5-19,26,31H,20-25,27-28H2,1-4H3. The van der Waals surface area contributed by atoms with Crippen molar-refractivity contribution in [3.63, 3.8) is 0 Å². The van der Waals surface area contributed by atoms with Crippen LogP contribution in [0.15, 0.2) is 97.2 Å². The van der Waals surface area contributed by atoms with Crippen molar-refractivity contribution in [1.82, 2.24) is 19.4 Å². The number of hydrogen-bond donors (Lipinski definition) is 0. The zero-order valence-electron chi connectivity index (χ0n) is 28.8. The number of piperazine rings is 1. The molecule has 0 spiro atoms. The normalized spacial score (nSPS) is 15.7. The van der Waals surface area contributed by atoms with E-state index in [4.69, 9.17) is 19.2 Å². The molecule has 3 aromatic carbocycles. The highest BCUT2D eigenvalue weighted by molar-refractivity contribution is 6.03. The van der Waals surface area contributed by atoms with E-state index >= 15 is 0 Å². The molecule has 2 saturated heterocycles. The van der Waals surface area contributed by atoms with E-state index in [2.05, 4.69) is 64.0 Å². The van der Waals surface area contributed by atoms with E-state index in [-0.39, 0.29) is 6.09 Å². The Morgan fingerprint density at radius 2 is 1.43 bits per heavy atom. The van der Waals surface area contributed by atoms with Gasteiger partial charge in [-0.25, -0.2) is 4.79 Å². The van der Waals surface area contributed by atoms with Crippen LogP contribution in [0.25, 0.3) is 22.0 Å². The van der Waals surface area contributed by atoms with Crippen LogP contribution < -0.4 is 14.4 Å². The van der Waals surface area contributed by atoms with Gasteiger partial charge in [0.25, 0.3) is 0 Å². The Balaban J connectivity index is 1.09. The van der Waals surface area contributed by atoms with Crippen molar-refractivity contribution >= 4 is 22.7 Å². The highest BCUT2D eigenvalue weighted by Crippen LogP contribution is 2.41. The Bertz CT molecular complexity index is 1890. The van der Waals surface area contributed by atoms with Gasteiger partial charge in [-0.1, -0.05) is 72.8 Å². The first-order valence-corrected chi connectivity index (χ1v) is 17.1. The Morgan fingerprint density at radius 3 is 2.08 bits per heavy atom. The average molecular weight is 660 g/mol. The smallest absolute Gasteiger partial charge is 0.410 e. The molecule has 4 heterocycles. The second-order valence-electron chi connectivity index (χ2n) is 13.9. The number of pyridine rings is 1. The van der Waals surface area contributed by atoms with Gasteiger partial charge >= 0.3 is 6.09 Å². The SMILES string of the molecule is Cn1cc(-c2ccc(OCc3ccccc3)nc2OCc2ccccc2)c2cccc(N3CC(N4CCN(C(=O)OC(C)(C)C)CC4)C3)c21. The maximum atomic E-state index is 12.6. The molecule has 0 bridgehead atoms. The maximum absolute atomic E-state index is 12.6. The number of hydrogen-bond acceptors (Lipinski definition) is 7. The summed E-state index contributed by atoms with van der Waals surface area (Å²) < 4.78 is 20.3. The zero-order chi connectivity index (χ0) is 34.0. The molecule has 0 N–H and O–H groups in total. The quantitative estimate of drug-likeness (QED) is 0.167. The summed E-state index contributed by atoms with van der Waals surface area (Å²) in [5, 5.41) is 1.15. The molecule has 2 aliphatic rings. The lowest BCUT2D eigenvalue weighted by molar-refractivity contribution is 0.00877. The fraction of sp³-hybridized carbons (Fsp3) is 0.350. The molecular formula is C40H45N5O4. The van der Waals surface area contributed by atoms with Crippen LogP contribution in [0.1, 0.15) is 31.9 Å². The molecule has 1 amide bonds. The molecule has 0 unspecified atom stereocenters. The van der Waals surface area contributed by atoms with Gasteiger partial charge < -0.3 is 28.6 Å². The number of carbonyl (C=O) groups excluding carboxylic acids is 1. The molecule has 2 fully saturated rings. The molecule has 0 radical (unpaired) electrons. The summed E-state index contributed by atoms with van der Waals surface area (Å²) in [6, 6.07) is 31.2. The number of nitrogens with zero attached hydrogens (tertiary/aromatic N) is 5. The Labute approximate surface area is 288 Å². The topological polar surface area (TPSA) is 72.3 Å². The van der Waals surface area contributed by atoms with E-state index in [0.717, 1.165) is 53.8 Å². The van der Waals surface area contributed by atoms with Gasteiger partial charge in [0.15, 0.2) is 0 Å². The lowest BCUT2D eigenvalue weighted by Crippen LogP contribution is -2.63. The van der Waals surface area contributed by atoms with Crippen molar-refractivity contribution in [1.29, 1.82) is 0 Å². The number of para-hydroxylation sites is 1. The minimum atomic E-state index is -0.478. The lowest BCUT2D eigenvalue weighted by atomic mass is 10.0. The largest absolute Gasteiger partial charge is 0.473 e. The van der Waals surface area contributed by atoms with Crippen molar-refractivity contribution < 1.29 is 19.0 Å². The molecular weight excluding hydrogens is 614 g/mol. The van der Waals surface area contributed by atoms with Crippen molar-refractivity contribution in [3.8, 4) is 22.9 Å². The Morgan fingerprint density at radius 1 is 0.776 bits per heavy atom. The number of aryl methyl sites for hydroxylation is 1. The second-order valence-corrected chi connectivity index (χ2v) is 13.9. The maximum Gasteiger partial charge on any atom is 0.410 e. The van der Waals surface area contributed by atoms with E-state index in [1.165, 1.54) is 11.2 Å². The second kappa shape index (κ2) is 13.8. The molecule has 2 aliphatic heterocycles. The number of benzene rings is 3. The third kappa shape index (κ3) is 7.37. The van der Waals surface area contributed by atoms with Crippen molar-refractivity contribution in [2.45, 2.75) is 45.6 Å². The predicted molar refractivity (Wildman–Crippen MR) is 193 cm³/mol. The summed E-state index contributed by atoms with van der Waals surface area (Å²) in [4.78, 5) is 24.2. The number of aromatic nitrogens is 2. The van der Waals surface area contributed by atoms with Crippen LogP contribution in [0.4, 0.5) is 10.5 Å². The summed E-state index contributed by atoms with van der Waals surface area (Å²) in [6.45, 7) is 11.6. The summed E-state index contributed by atoms with van der Waals surface area (Å²) in [7, 11) is 2.11. The van der Waals surface area contributed by atoms with Gasteiger partial charge in [0.05, 0.1) is 11.2 Å². The molecule has 9 nitrogen and oxygen atoms in total. The van der Waals surface area contributed by atoms with Crippen molar-refractivity contribution in [2.24, 2.45) is 7.05 Å². The number of carbonyl (C=O) groups is 1. The first-order chi connectivity index (χ1) is 23.7. The number of ether oxygens (including phenoxy) is 3. The summed E-state index contributed by atoms with van der Waals surface area (Å²) in [6.07, 6.45) is 1.96. The summed E-state index contributed by atoms with van der Waals surface area (Å²) >= 11 is 0. The first-order valence-electron chi connectivity index (χ1n) is 17.1. The Hall–Kier alpha value is -5.02.